The molecule has 0 atom stereocenters. The van der Waals surface area contributed by atoms with Gasteiger partial charge in [0.25, 0.3) is 0 Å². The number of halogens is 1. The van der Waals surface area contributed by atoms with Crippen LogP contribution < -0.4 is 0 Å². The van der Waals surface area contributed by atoms with Crippen molar-refractivity contribution in [2.24, 2.45) is 0 Å². The van der Waals surface area contributed by atoms with Crippen LogP contribution in [0.3, 0.4) is 0 Å². The van der Waals surface area contributed by atoms with E-state index in [-0.39, 0.29) is 0 Å². The lowest BCUT2D eigenvalue weighted by molar-refractivity contribution is 1.32. The zero-order chi connectivity index (χ0) is 6.85. The Morgan fingerprint density at radius 1 is 1.00 bits per heavy atom. The molecule has 0 aliphatic heterocycles. The van der Waals surface area contributed by atoms with E-state index in [2.05, 4.69) is 47.8 Å². The molecule has 1 aromatic carbocycles. The second kappa shape index (κ2) is 3.16. The van der Waals surface area contributed by atoms with E-state index in [1.807, 2.05) is 18.2 Å². The van der Waals surface area contributed by atoms with Gasteiger partial charge in [-0.1, -0.05) is 0 Å². The molecule has 3 heteroatoms. The van der Waals surface area contributed by atoms with Crippen LogP contribution in [0.2, 0.25) is 0 Å². The van der Waals surface area contributed by atoms with Crippen molar-refractivity contribution in [3.63, 3.8) is 0 Å². The molecule has 0 radical (unpaired) electrons. The molecule has 0 N–H and O–H groups in total. The molecule has 0 unspecified atom stereocenters. The van der Waals surface area contributed by atoms with Gasteiger partial charge in [0.15, 0.2) is 0 Å². The minimum Gasteiger partial charge on any atom is -0.143 e. The van der Waals surface area contributed by atoms with E-state index < -0.39 is 0 Å². The second-order valence-corrected chi connectivity index (χ2v) is 3.95. The molecule has 0 amide bonds. The number of benzene rings is 1. The maximum Gasteiger partial charge on any atom is 0.0152 e. The Balaban J connectivity index is 3.17. The van der Waals surface area contributed by atoms with Crippen molar-refractivity contribution in [2.75, 3.05) is 0 Å². The minimum absolute atomic E-state index is 0.965. The van der Waals surface area contributed by atoms with Gasteiger partial charge in [-0.05, 0) is 40.8 Å². The molecule has 0 aliphatic carbocycles. The highest BCUT2D eigenvalue weighted by atomic mass is 127. The molecule has 0 aromatic heterocycles. The van der Waals surface area contributed by atoms with Gasteiger partial charge in [0, 0.05) is 13.4 Å². The lowest BCUT2D eigenvalue weighted by Gasteiger charge is -1.94. The Hall–Kier alpha value is 0.650. The molecule has 1 rings (SSSR count). The molecular weight excluding hydrogens is 263 g/mol. The first-order valence-electron chi connectivity index (χ1n) is 2.37. The minimum atomic E-state index is 0.965. The van der Waals surface area contributed by atoms with Crippen molar-refractivity contribution in [3.8, 4) is 0 Å². The summed E-state index contributed by atoms with van der Waals surface area (Å²) in [4.78, 5) is 1.93. The number of rotatable bonds is 0. The molecular formula is C6H5IS2. The zero-order valence-corrected chi connectivity index (χ0v) is 8.45. The van der Waals surface area contributed by atoms with E-state index in [1.165, 1.54) is 3.57 Å². The zero-order valence-electron chi connectivity index (χ0n) is 4.50. The van der Waals surface area contributed by atoms with E-state index in [1.54, 1.807) is 0 Å². The summed E-state index contributed by atoms with van der Waals surface area (Å²) in [5.74, 6) is 0. The molecule has 1 aromatic rings. The molecule has 0 nitrogen and oxygen atoms in total. The molecule has 48 valence electrons. The van der Waals surface area contributed by atoms with Gasteiger partial charge >= 0.3 is 0 Å². The fraction of sp³-hybridized carbons (Fsp3) is 0. The van der Waals surface area contributed by atoms with Crippen molar-refractivity contribution in [1.82, 2.24) is 0 Å². The first kappa shape index (κ1) is 7.75. The summed E-state index contributed by atoms with van der Waals surface area (Å²) >= 11 is 10.6. The largest absolute Gasteiger partial charge is 0.143 e. The van der Waals surface area contributed by atoms with Crippen molar-refractivity contribution in [3.05, 3.63) is 21.8 Å². The lowest BCUT2D eigenvalue weighted by atomic mass is 10.4. The summed E-state index contributed by atoms with van der Waals surface area (Å²) in [6.45, 7) is 0. The first-order valence-corrected chi connectivity index (χ1v) is 4.34. The summed E-state index contributed by atoms with van der Waals surface area (Å²) in [7, 11) is 0. The Labute approximate surface area is 79.0 Å². The highest BCUT2D eigenvalue weighted by Gasteiger charge is 1.90. The molecule has 0 bridgehead atoms. The van der Waals surface area contributed by atoms with Gasteiger partial charge in [-0.25, -0.2) is 0 Å². The summed E-state index contributed by atoms with van der Waals surface area (Å²) in [6.07, 6.45) is 0. The van der Waals surface area contributed by atoms with Crippen LogP contribution >= 0.6 is 47.8 Å². The van der Waals surface area contributed by atoms with Gasteiger partial charge in [-0.3, -0.25) is 0 Å². The van der Waals surface area contributed by atoms with Crippen LogP contribution in [0, 0.1) is 3.57 Å². The maximum absolute atomic E-state index is 4.17. The van der Waals surface area contributed by atoms with E-state index in [0.717, 1.165) is 9.79 Å². The van der Waals surface area contributed by atoms with E-state index in [0.29, 0.717) is 0 Å². The third-order valence-corrected chi connectivity index (χ3v) is 2.01. The topological polar surface area (TPSA) is 0 Å². The average Bonchev–Trinajstić information content (AvgIpc) is 1.59. The first-order chi connectivity index (χ1) is 4.18. The average molecular weight is 268 g/mol. The third kappa shape index (κ3) is 2.39. The standard InChI is InChI=1S/C6H5IS2/c7-4-1-5(8)3-6(9)2-4/h1-3,8-9H. The van der Waals surface area contributed by atoms with Crippen molar-refractivity contribution in [2.45, 2.75) is 9.79 Å². The molecule has 0 heterocycles. The summed E-state index contributed by atoms with van der Waals surface area (Å²) in [5.41, 5.74) is 0. The third-order valence-electron chi connectivity index (χ3n) is 0.867. The number of thiol groups is 2. The number of hydrogen-bond donors (Lipinski definition) is 2. The molecule has 9 heavy (non-hydrogen) atoms. The Morgan fingerprint density at radius 3 is 1.78 bits per heavy atom. The summed E-state index contributed by atoms with van der Waals surface area (Å²) in [5, 5.41) is 0. The van der Waals surface area contributed by atoms with Gasteiger partial charge in [0.2, 0.25) is 0 Å². The van der Waals surface area contributed by atoms with Crippen LogP contribution in [0.25, 0.3) is 0 Å². The van der Waals surface area contributed by atoms with Crippen LogP contribution in [0.15, 0.2) is 28.0 Å². The number of hydrogen-bond acceptors (Lipinski definition) is 2. The van der Waals surface area contributed by atoms with E-state index in [4.69, 9.17) is 0 Å². The molecule has 0 spiro atoms. The van der Waals surface area contributed by atoms with Crippen LogP contribution in [-0.4, -0.2) is 0 Å². The van der Waals surface area contributed by atoms with E-state index >= 15 is 0 Å². The van der Waals surface area contributed by atoms with Gasteiger partial charge in [0.1, 0.15) is 0 Å². The summed E-state index contributed by atoms with van der Waals surface area (Å²) < 4.78 is 1.17. The predicted molar refractivity (Wildman–Crippen MR) is 53.7 cm³/mol. The molecule has 0 saturated carbocycles. The Bertz CT molecular complexity index is 172. The van der Waals surface area contributed by atoms with E-state index in [9.17, 15) is 0 Å². The highest BCUT2D eigenvalue weighted by molar-refractivity contribution is 14.1. The fourth-order valence-corrected chi connectivity index (χ4v) is 2.38. The van der Waals surface area contributed by atoms with Crippen LogP contribution in [0.4, 0.5) is 0 Å². The van der Waals surface area contributed by atoms with Crippen molar-refractivity contribution in [1.29, 1.82) is 0 Å². The smallest absolute Gasteiger partial charge is 0.0152 e. The molecule has 0 fully saturated rings. The summed E-state index contributed by atoms with van der Waals surface area (Å²) in [6, 6.07) is 5.89. The van der Waals surface area contributed by atoms with Gasteiger partial charge < -0.3 is 0 Å². The van der Waals surface area contributed by atoms with Crippen LogP contribution in [0.5, 0.6) is 0 Å². The lowest BCUT2D eigenvalue weighted by Crippen LogP contribution is -1.71. The van der Waals surface area contributed by atoms with Crippen molar-refractivity contribution >= 4 is 47.8 Å². The normalized spacial score (nSPS) is 9.67. The quantitative estimate of drug-likeness (QED) is 0.524. The Kier molecular flexibility index (Phi) is 2.73. The molecule has 0 saturated heterocycles. The maximum atomic E-state index is 4.17. The predicted octanol–water partition coefficient (Wildman–Crippen LogP) is 2.87. The van der Waals surface area contributed by atoms with Crippen molar-refractivity contribution < 1.29 is 0 Å². The highest BCUT2D eigenvalue weighted by Crippen LogP contribution is 2.17. The van der Waals surface area contributed by atoms with Gasteiger partial charge in [0.05, 0.1) is 0 Å². The van der Waals surface area contributed by atoms with Gasteiger partial charge in [-0.2, -0.15) is 0 Å². The molecule has 0 aliphatic rings. The van der Waals surface area contributed by atoms with Gasteiger partial charge in [-0.15, -0.1) is 25.3 Å². The second-order valence-electron chi connectivity index (χ2n) is 1.67. The fourth-order valence-electron chi connectivity index (χ4n) is 0.559. The van der Waals surface area contributed by atoms with Crippen LogP contribution in [-0.2, 0) is 0 Å². The monoisotopic (exact) mass is 268 g/mol. The SMILES string of the molecule is Sc1cc(S)cc(I)c1. The van der Waals surface area contributed by atoms with Crippen LogP contribution in [0.1, 0.15) is 0 Å². The Morgan fingerprint density at radius 2 is 1.44 bits per heavy atom.